The van der Waals surface area contributed by atoms with Crippen LogP contribution in [-0.2, 0) is 4.79 Å². The van der Waals surface area contributed by atoms with Crippen LogP contribution in [0.1, 0.15) is 37.3 Å². The molecule has 0 bridgehead atoms. The molecule has 1 atom stereocenters. The molecule has 0 saturated heterocycles. The van der Waals surface area contributed by atoms with Gasteiger partial charge in [0.05, 0.1) is 12.6 Å². The molecule has 1 aromatic carbocycles. The zero-order valence-electron chi connectivity index (χ0n) is 11.3. The molecular weight excluding hydrogens is 243 g/mol. The standard InChI is InChI=1S/C15H21FN2O/c1-17-10-14(19)18-15(11-4-2-3-5-11)12-6-8-13(16)9-7-12/h6-9,11,15,17H,2-5,10H2,1H3,(H,18,19). The molecule has 1 aromatic rings. The summed E-state index contributed by atoms with van der Waals surface area (Å²) >= 11 is 0. The van der Waals surface area contributed by atoms with E-state index in [-0.39, 0.29) is 17.8 Å². The van der Waals surface area contributed by atoms with E-state index in [0.29, 0.717) is 12.5 Å². The van der Waals surface area contributed by atoms with Crippen molar-refractivity contribution in [2.75, 3.05) is 13.6 Å². The van der Waals surface area contributed by atoms with Gasteiger partial charge in [-0.05, 0) is 43.5 Å². The fourth-order valence-electron chi connectivity index (χ4n) is 2.82. The van der Waals surface area contributed by atoms with Crippen molar-refractivity contribution in [3.63, 3.8) is 0 Å². The predicted octanol–water partition coefficient (Wildman–Crippen LogP) is 2.39. The van der Waals surface area contributed by atoms with Crippen molar-refractivity contribution in [1.29, 1.82) is 0 Å². The monoisotopic (exact) mass is 264 g/mol. The van der Waals surface area contributed by atoms with Crippen LogP contribution >= 0.6 is 0 Å². The second-order valence-electron chi connectivity index (χ2n) is 5.17. The van der Waals surface area contributed by atoms with Crippen molar-refractivity contribution in [2.45, 2.75) is 31.7 Å². The molecule has 19 heavy (non-hydrogen) atoms. The smallest absolute Gasteiger partial charge is 0.234 e. The van der Waals surface area contributed by atoms with Gasteiger partial charge in [0.25, 0.3) is 0 Å². The van der Waals surface area contributed by atoms with Gasteiger partial charge in [0.1, 0.15) is 5.82 Å². The zero-order valence-corrected chi connectivity index (χ0v) is 11.3. The maximum atomic E-state index is 13.0. The van der Waals surface area contributed by atoms with Crippen LogP contribution in [0.3, 0.4) is 0 Å². The van der Waals surface area contributed by atoms with Crippen molar-refractivity contribution >= 4 is 5.91 Å². The number of carbonyl (C=O) groups excluding carboxylic acids is 1. The molecule has 1 aliphatic carbocycles. The molecule has 0 heterocycles. The molecule has 0 aliphatic heterocycles. The molecule has 2 rings (SSSR count). The molecule has 1 aliphatic rings. The lowest BCUT2D eigenvalue weighted by Gasteiger charge is -2.25. The summed E-state index contributed by atoms with van der Waals surface area (Å²) in [6.07, 6.45) is 4.68. The molecule has 1 unspecified atom stereocenters. The summed E-state index contributed by atoms with van der Waals surface area (Å²) in [5.41, 5.74) is 0.998. The van der Waals surface area contributed by atoms with E-state index in [9.17, 15) is 9.18 Å². The van der Waals surface area contributed by atoms with Crippen LogP contribution in [-0.4, -0.2) is 19.5 Å². The molecule has 0 aromatic heterocycles. The summed E-state index contributed by atoms with van der Waals surface area (Å²) in [5, 5.41) is 5.92. The van der Waals surface area contributed by atoms with Gasteiger partial charge < -0.3 is 10.6 Å². The lowest BCUT2D eigenvalue weighted by molar-refractivity contribution is -0.121. The molecule has 3 nitrogen and oxygen atoms in total. The average Bonchev–Trinajstić information content (AvgIpc) is 2.91. The van der Waals surface area contributed by atoms with Crippen LogP contribution in [0.5, 0.6) is 0 Å². The van der Waals surface area contributed by atoms with E-state index in [1.54, 1.807) is 19.2 Å². The minimum absolute atomic E-state index is 0.00366. The summed E-state index contributed by atoms with van der Waals surface area (Å²) < 4.78 is 13.0. The molecule has 2 N–H and O–H groups in total. The minimum atomic E-state index is -0.240. The summed E-state index contributed by atoms with van der Waals surface area (Å²) in [6.45, 7) is 0.310. The molecule has 0 spiro atoms. The van der Waals surface area contributed by atoms with Crippen molar-refractivity contribution in [3.05, 3.63) is 35.6 Å². The van der Waals surface area contributed by atoms with Crippen LogP contribution in [0, 0.1) is 11.7 Å². The first-order chi connectivity index (χ1) is 9.20. The SMILES string of the molecule is CNCC(=O)NC(c1ccc(F)cc1)C1CCCC1. The number of hydrogen-bond donors (Lipinski definition) is 2. The van der Waals surface area contributed by atoms with Crippen LogP contribution in [0.15, 0.2) is 24.3 Å². The fraction of sp³-hybridized carbons (Fsp3) is 0.533. The Morgan fingerprint density at radius 1 is 1.32 bits per heavy atom. The topological polar surface area (TPSA) is 41.1 Å². The van der Waals surface area contributed by atoms with E-state index in [1.165, 1.54) is 25.0 Å². The third-order valence-corrected chi connectivity index (χ3v) is 3.75. The van der Waals surface area contributed by atoms with Gasteiger partial charge in [-0.1, -0.05) is 25.0 Å². The zero-order chi connectivity index (χ0) is 13.7. The number of carbonyl (C=O) groups is 1. The third-order valence-electron chi connectivity index (χ3n) is 3.75. The van der Waals surface area contributed by atoms with Gasteiger partial charge >= 0.3 is 0 Å². The largest absolute Gasteiger partial charge is 0.348 e. The van der Waals surface area contributed by atoms with E-state index >= 15 is 0 Å². The van der Waals surface area contributed by atoms with Gasteiger partial charge in [0.15, 0.2) is 0 Å². The number of halogens is 1. The van der Waals surface area contributed by atoms with Crippen molar-refractivity contribution in [2.24, 2.45) is 5.92 Å². The first-order valence-corrected chi connectivity index (χ1v) is 6.90. The quantitative estimate of drug-likeness (QED) is 0.857. The number of amides is 1. The van der Waals surface area contributed by atoms with E-state index < -0.39 is 0 Å². The van der Waals surface area contributed by atoms with E-state index in [2.05, 4.69) is 10.6 Å². The molecule has 104 valence electrons. The molecule has 4 heteroatoms. The van der Waals surface area contributed by atoms with Crippen LogP contribution in [0.4, 0.5) is 4.39 Å². The number of benzene rings is 1. The highest BCUT2D eigenvalue weighted by atomic mass is 19.1. The summed E-state index contributed by atoms with van der Waals surface area (Å²) in [4.78, 5) is 11.8. The maximum absolute atomic E-state index is 13.0. The number of hydrogen-bond acceptors (Lipinski definition) is 2. The molecule has 0 radical (unpaired) electrons. The van der Waals surface area contributed by atoms with E-state index in [4.69, 9.17) is 0 Å². The molecule has 1 saturated carbocycles. The van der Waals surface area contributed by atoms with Gasteiger partial charge in [-0.3, -0.25) is 4.79 Å². The second-order valence-corrected chi connectivity index (χ2v) is 5.17. The lowest BCUT2D eigenvalue weighted by Crippen LogP contribution is -2.37. The highest BCUT2D eigenvalue weighted by Gasteiger charge is 2.27. The van der Waals surface area contributed by atoms with Gasteiger partial charge in [-0.25, -0.2) is 4.39 Å². The first kappa shape index (κ1) is 14.0. The average molecular weight is 264 g/mol. The summed E-state index contributed by atoms with van der Waals surface area (Å²) in [6, 6.07) is 6.47. The highest BCUT2D eigenvalue weighted by Crippen LogP contribution is 2.35. The summed E-state index contributed by atoms with van der Waals surface area (Å²) in [5.74, 6) is 0.213. The second kappa shape index (κ2) is 6.66. The van der Waals surface area contributed by atoms with Crippen LogP contribution < -0.4 is 10.6 Å². The van der Waals surface area contributed by atoms with Crippen LogP contribution in [0.2, 0.25) is 0 Å². The highest BCUT2D eigenvalue weighted by molar-refractivity contribution is 5.78. The third kappa shape index (κ3) is 3.77. The Morgan fingerprint density at radius 3 is 2.53 bits per heavy atom. The minimum Gasteiger partial charge on any atom is -0.348 e. The van der Waals surface area contributed by atoms with Gasteiger partial charge in [-0.15, -0.1) is 0 Å². The Bertz CT molecular complexity index is 413. The summed E-state index contributed by atoms with van der Waals surface area (Å²) in [7, 11) is 1.75. The van der Waals surface area contributed by atoms with Gasteiger partial charge in [0, 0.05) is 0 Å². The van der Waals surface area contributed by atoms with Crippen molar-refractivity contribution < 1.29 is 9.18 Å². The Kier molecular flexibility index (Phi) is 4.91. The Hall–Kier alpha value is -1.42. The Morgan fingerprint density at radius 2 is 1.95 bits per heavy atom. The molecule has 1 fully saturated rings. The normalized spacial score (nSPS) is 17.4. The fourth-order valence-corrected chi connectivity index (χ4v) is 2.82. The Labute approximate surface area is 113 Å². The van der Waals surface area contributed by atoms with Crippen molar-refractivity contribution in [1.82, 2.24) is 10.6 Å². The number of likely N-dealkylation sites (N-methyl/N-ethyl adjacent to an activating group) is 1. The Balaban J connectivity index is 2.13. The van der Waals surface area contributed by atoms with Crippen molar-refractivity contribution in [3.8, 4) is 0 Å². The predicted molar refractivity (Wildman–Crippen MR) is 73.2 cm³/mol. The lowest BCUT2D eigenvalue weighted by atomic mass is 9.91. The molecule has 1 amide bonds. The van der Waals surface area contributed by atoms with Gasteiger partial charge in [-0.2, -0.15) is 0 Å². The number of rotatable bonds is 5. The van der Waals surface area contributed by atoms with Gasteiger partial charge in [0.2, 0.25) is 5.91 Å². The van der Waals surface area contributed by atoms with Crippen LogP contribution in [0.25, 0.3) is 0 Å². The van der Waals surface area contributed by atoms with E-state index in [0.717, 1.165) is 18.4 Å². The van der Waals surface area contributed by atoms with E-state index in [1.807, 2.05) is 0 Å². The molecular formula is C15H21FN2O. The number of nitrogens with one attached hydrogen (secondary N) is 2. The maximum Gasteiger partial charge on any atom is 0.234 e. The first-order valence-electron chi connectivity index (χ1n) is 6.90.